The number of fused-ring (bicyclic) bond motifs is 1. The van der Waals surface area contributed by atoms with E-state index in [1.54, 1.807) is 6.07 Å². The topological polar surface area (TPSA) is 63.1 Å². The molecule has 15 heavy (non-hydrogen) atoms. The van der Waals surface area contributed by atoms with Crippen LogP contribution in [0.5, 0.6) is 0 Å². The van der Waals surface area contributed by atoms with Gasteiger partial charge < -0.3 is 0 Å². The molecular formula is C10H12N4O. The van der Waals surface area contributed by atoms with Crippen LogP contribution in [0.2, 0.25) is 0 Å². The first kappa shape index (κ1) is 8.64. The predicted octanol–water partition coefficient (Wildman–Crippen LogP) is 0.994. The van der Waals surface area contributed by atoms with Crippen molar-refractivity contribution in [2.45, 2.75) is 32.1 Å². The second-order valence-corrected chi connectivity index (χ2v) is 4.09. The van der Waals surface area contributed by atoms with E-state index in [-0.39, 0.29) is 5.56 Å². The van der Waals surface area contributed by atoms with Crippen molar-refractivity contribution in [2.24, 2.45) is 0 Å². The number of aromatic amines is 1. The average molecular weight is 204 g/mol. The van der Waals surface area contributed by atoms with E-state index >= 15 is 0 Å². The zero-order valence-corrected chi connectivity index (χ0v) is 8.53. The van der Waals surface area contributed by atoms with E-state index in [2.05, 4.69) is 15.1 Å². The summed E-state index contributed by atoms with van der Waals surface area (Å²) >= 11 is 0. The first-order chi connectivity index (χ1) is 7.24. The fraction of sp³-hybridized carbons (Fsp3) is 0.500. The number of aryl methyl sites for hydroxylation is 1. The fourth-order valence-electron chi connectivity index (χ4n) is 1.92. The number of hydrogen-bond acceptors (Lipinski definition) is 3. The number of hydrogen-bond donors (Lipinski definition) is 1. The monoisotopic (exact) mass is 204 g/mol. The van der Waals surface area contributed by atoms with Gasteiger partial charge in [-0.2, -0.15) is 9.50 Å². The third-order valence-corrected chi connectivity index (χ3v) is 2.99. The fourth-order valence-corrected chi connectivity index (χ4v) is 1.92. The lowest BCUT2D eigenvalue weighted by atomic mass is 9.83. The van der Waals surface area contributed by atoms with Crippen molar-refractivity contribution in [3.05, 3.63) is 27.9 Å². The summed E-state index contributed by atoms with van der Waals surface area (Å²) < 4.78 is 1.39. The molecule has 1 aliphatic carbocycles. The molecule has 0 bridgehead atoms. The van der Waals surface area contributed by atoms with Gasteiger partial charge in [-0.05, 0) is 19.8 Å². The normalized spacial score (nSPS) is 16.9. The Bertz CT molecular complexity index is 564. The van der Waals surface area contributed by atoms with Gasteiger partial charge in [0, 0.05) is 12.0 Å². The number of H-pyrrole nitrogens is 1. The minimum absolute atomic E-state index is 0.0671. The quantitative estimate of drug-likeness (QED) is 0.753. The highest BCUT2D eigenvalue weighted by Gasteiger charge is 2.22. The molecule has 1 N–H and O–H groups in total. The summed E-state index contributed by atoms with van der Waals surface area (Å²) in [4.78, 5) is 20.3. The molecule has 0 aliphatic heterocycles. The van der Waals surface area contributed by atoms with Crippen LogP contribution in [0.15, 0.2) is 10.9 Å². The first-order valence-corrected chi connectivity index (χ1v) is 5.20. The molecule has 0 aromatic carbocycles. The molecule has 5 heteroatoms. The zero-order valence-electron chi connectivity index (χ0n) is 8.53. The molecule has 1 aliphatic rings. The Morgan fingerprint density at radius 3 is 2.93 bits per heavy atom. The van der Waals surface area contributed by atoms with E-state index < -0.39 is 0 Å². The number of nitrogens with zero attached hydrogens (tertiary/aromatic N) is 3. The molecule has 1 saturated carbocycles. The van der Waals surface area contributed by atoms with Gasteiger partial charge in [0.1, 0.15) is 5.82 Å². The maximum atomic E-state index is 11.7. The molecule has 0 amide bonds. The van der Waals surface area contributed by atoms with Gasteiger partial charge in [-0.25, -0.2) is 4.98 Å². The average Bonchev–Trinajstić information content (AvgIpc) is 2.42. The lowest BCUT2D eigenvalue weighted by Crippen LogP contribution is -2.19. The smallest absolute Gasteiger partial charge is 0.274 e. The summed E-state index contributed by atoms with van der Waals surface area (Å²) in [7, 11) is 0. The summed E-state index contributed by atoms with van der Waals surface area (Å²) in [6.07, 6.45) is 3.53. The highest BCUT2D eigenvalue weighted by molar-refractivity contribution is 5.29. The lowest BCUT2D eigenvalue weighted by molar-refractivity contribution is 0.410. The number of rotatable bonds is 1. The number of nitrogens with one attached hydrogen (secondary N) is 1. The minimum atomic E-state index is -0.0671. The second kappa shape index (κ2) is 2.92. The van der Waals surface area contributed by atoms with Crippen LogP contribution in [0.25, 0.3) is 5.78 Å². The molecule has 3 rings (SSSR count). The molecule has 2 aromatic rings. The van der Waals surface area contributed by atoms with Crippen LogP contribution < -0.4 is 5.56 Å². The highest BCUT2D eigenvalue weighted by Crippen LogP contribution is 2.34. The van der Waals surface area contributed by atoms with Gasteiger partial charge in [-0.1, -0.05) is 6.42 Å². The van der Waals surface area contributed by atoms with Crippen molar-refractivity contribution in [1.29, 1.82) is 0 Å². The lowest BCUT2D eigenvalue weighted by Gasteiger charge is -2.24. The van der Waals surface area contributed by atoms with Gasteiger partial charge in [-0.3, -0.25) is 9.89 Å². The highest BCUT2D eigenvalue weighted by atomic mass is 16.1. The Hall–Kier alpha value is -1.65. The summed E-state index contributed by atoms with van der Waals surface area (Å²) in [5, 5.41) is 2.86. The van der Waals surface area contributed by atoms with Gasteiger partial charge in [-0.15, -0.1) is 0 Å². The minimum Gasteiger partial charge on any atom is -0.275 e. The van der Waals surface area contributed by atoms with Gasteiger partial charge in [0.2, 0.25) is 0 Å². The van der Waals surface area contributed by atoms with E-state index in [1.165, 1.54) is 10.9 Å². The van der Waals surface area contributed by atoms with Gasteiger partial charge in [0.05, 0.1) is 5.69 Å². The molecule has 0 radical (unpaired) electrons. The molecular weight excluding hydrogens is 192 g/mol. The number of aromatic nitrogens is 4. The Labute approximate surface area is 86.2 Å². The zero-order chi connectivity index (χ0) is 10.4. The van der Waals surface area contributed by atoms with Crippen LogP contribution >= 0.6 is 0 Å². The third-order valence-electron chi connectivity index (χ3n) is 2.99. The van der Waals surface area contributed by atoms with E-state index in [0.29, 0.717) is 17.5 Å². The van der Waals surface area contributed by atoms with Crippen molar-refractivity contribution in [2.75, 3.05) is 0 Å². The molecule has 1 fully saturated rings. The summed E-state index contributed by atoms with van der Waals surface area (Å²) in [5.41, 5.74) is 0.834. The Morgan fingerprint density at radius 2 is 2.27 bits per heavy atom. The maximum Gasteiger partial charge on any atom is 0.274 e. The summed E-state index contributed by atoms with van der Waals surface area (Å²) in [6, 6.07) is 1.62. The Morgan fingerprint density at radius 1 is 1.47 bits per heavy atom. The molecule has 0 unspecified atom stereocenters. The van der Waals surface area contributed by atoms with Crippen molar-refractivity contribution in [3.63, 3.8) is 0 Å². The van der Waals surface area contributed by atoms with Crippen molar-refractivity contribution in [3.8, 4) is 0 Å². The Balaban J connectivity index is 2.21. The van der Waals surface area contributed by atoms with Gasteiger partial charge in [0.25, 0.3) is 11.3 Å². The molecule has 0 spiro atoms. The molecule has 0 saturated heterocycles. The molecule has 5 nitrogen and oxygen atoms in total. The van der Waals surface area contributed by atoms with Crippen LogP contribution in [0.3, 0.4) is 0 Å². The first-order valence-electron chi connectivity index (χ1n) is 5.20. The van der Waals surface area contributed by atoms with E-state index in [4.69, 9.17) is 0 Å². The van der Waals surface area contributed by atoms with Gasteiger partial charge >= 0.3 is 0 Å². The predicted molar refractivity (Wildman–Crippen MR) is 54.9 cm³/mol. The van der Waals surface area contributed by atoms with Crippen LogP contribution in [0.1, 0.15) is 36.7 Å². The molecule has 2 aromatic heterocycles. The second-order valence-electron chi connectivity index (χ2n) is 4.09. The standard InChI is InChI=1S/C10H12N4O/c1-6-11-10-12-8(7-3-2-4-7)5-9(15)14(10)13-6/h5,7H,2-4H2,1H3,(H,11,12,13). The van der Waals surface area contributed by atoms with Crippen molar-refractivity contribution >= 4 is 5.78 Å². The van der Waals surface area contributed by atoms with Crippen LogP contribution in [0, 0.1) is 6.92 Å². The van der Waals surface area contributed by atoms with Crippen molar-refractivity contribution in [1.82, 2.24) is 19.6 Å². The third kappa shape index (κ3) is 1.26. The van der Waals surface area contributed by atoms with Crippen LogP contribution in [-0.2, 0) is 0 Å². The maximum absolute atomic E-state index is 11.7. The summed E-state index contributed by atoms with van der Waals surface area (Å²) in [6.45, 7) is 1.82. The molecule has 78 valence electrons. The van der Waals surface area contributed by atoms with Crippen molar-refractivity contribution < 1.29 is 0 Å². The largest absolute Gasteiger partial charge is 0.275 e. The van der Waals surface area contributed by atoms with Crippen LogP contribution in [0.4, 0.5) is 0 Å². The molecule has 2 heterocycles. The summed E-state index contributed by atoms with van der Waals surface area (Å²) in [5.74, 6) is 1.67. The van der Waals surface area contributed by atoms with E-state index in [0.717, 1.165) is 18.5 Å². The van der Waals surface area contributed by atoms with Crippen LogP contribution in [-0.4, -0.2) is 19.6 Å². The molecule has 0 atom stereocenters. The SMILES string of the molecule is Cc1nc2nc(C3CCC3)cc(=O)n2[nH]1. The van der Waals surface area contributed by atoms with E-state index in [9.17, 15) is 4.79 Å². The van der Waals surface area contributed by atoms with Gasteiger partial charge in [0.15, 0.2) is 0 Å². The van der Waals surface area contributed by atoms with E-state index in [1.807, 2.05) is 6.92 Å². The Kier molecular flexibility index (Phi) is 1.68.